The molecule has 0 saturated heterocycles. The van der Waals surface area contributed by atoms with Crippen LogP contribution >= 0.6 is 0 Å². The summed E-state index contributed by atoms with van der Waals surface area (Å²) < 4.78 is 5.70. The van der Waals surface area contributed by atoms with Crippen molar-refractivity contribution >= 4 is 16.6 Å². The Balaban J connectivity index is 2.21. The van der Waals surface area contributed by atoms with Crippen molar-refractivity contribution in [3.8, 4) is 5.75 Å². The molecule has 3 heteroatoms. The van der Waals surface area contributed by atoms with Crippen LogP contribution in [-0.2, 0) is 0 Å². The molecular formula is C14H18N2O. The second-order valence-electron chi connectivity index (χ2n) is 4.58. The lowest BCUT2D eigenvalue weighted by molar-refractivity contribution is 0.291. The van der Waals surface area contributed by atoms with Crippen LogP contribution in [0, 0.1) is 5.92 Å². The largest absolute Gasteiger partial charge is 0.491 e. The molecule has 0 fully saturated rings. The maximum Gasteiger partial charge on any atom is 0.142 e. The number of anilines is 1. The summed E-state index contributed by atoms with van der Waals surface area (Å²) in [4.78, 5) is 4.26. The Morgan fingerprint density at radius 2 is 2.12 bits per heavy atom. The molecule has 0 aliphatic heterocycles. The van der Waals surface area contributed by atoms with Gasteiger partial charge in [-0.2, -0.15) is 0 Å². The third kappa shape index (κ3) is 2.67. The van der Waals surface area contributed by atoms with E-state index in [0.29, 0.717) is 18.2 Å². The van der Waals surface area contributed by atoms with Gasteiger partial charge in [-0.25, -0.2) is 0 Å². The van der Waals surface area contributed by atoms with Crippen LogP contribution in [-0.4, -0.2) is 11.6 Å². The zero-order valence-electron chi connectivity index (χ0n) is 10.3. The molecule has 17 heavy (non-hydrogen) atoms. The van der Waals surface area contributed by atoms with Crippen molar-refractivity contribution in [3.63, 3.8) is 0 Å². The highest BCUT2D eigenvalue weighted by Gasteiger charge is 2.06. The summed E-state index contributed by atoms with van der Waals surface area (Å²) in [5.74, 6) is 1.39. The maximum atomic E-state index is 6.07. The first-order valence-corrected chi connectivity index (χ1v) is 5.94. The molecule has 0 unspecified atom stereocenters. The molecule has 90 valence electrons. The summed E-state index contributed by atoms with van der Waals surface area (Å²) in [5, 5.41) is 0.953. The van der Waals surface area contributed by atoms with Crippen LogP contribution < -0.4 is 10.5 Å². The van der Waals surface area contributed by atoms with Gasteiger partial charge < -0.3 is 10.5 Å². The van der Waals surface area contributed by atoms with Crippen molar-refractivity contribution in [3.05, 3.63) is 30.5 Å². The minimum absolute atomic E-state index is 0.637. The number of rotatable bonds is 4. The number of pyridine rings is 1. The fourth-order valence-electron chi connectivity index (χ4n) is 1.69. The Kier molecular flexibility index (Phi) is 3.47. The summed E-state index contributed by atoms with van der Waals surface area (Å²) in [5.41, 5.74) is 7.65. The van der Waals surface area contributed by atoms with Gasteiger partial charge in [0.2, 0.25) is 0 Å². The van der Waals surface area contributed by atoms with Gasteiger partial charge in [-0.05, 0) is 36.6 Å². The first-order chi connectivity index (χ1) is 8.18. The van der Waals surface area contributed by atoms with Crippen LogP contribution in [0.3, 0.4) is 0 Å². The van der Waals surface area contributed by atoms with Crippen molar-refractivity contribution in [2.75, 3.05) is 12.3 Å². The van der Waals surface area contributed by atoms with Gasteiger partial charge in [0.25, 0.3) is 0 Å². The normalized spacial score (nSPS) is 11.0. The lowest BCUT2D eigenvalue weighted by Crippen LogP contribution is -2.03. The van der Waals surface area contributed by atoms with Crippen LogP contribution in [0.15, 0.2) is 30.5 Å². The van der Waals surface area contributed by atoms with Crippen molar-refractivity contribution in [1.82, 2.24) is 4.98 Å². The second-order valence-corrected chi connectivity index (χ2v) is 4.58. The molecule has 1 aromatic carbocycles. The summed E-state index contributed by atoms with van der Waals surface area (Å²) in [6, 6.07) is 7.69. The van der Waals surface area contributed by atoms with Gasteiger partial charge in [0.1, 0.15) is 5.75 Å². The number of nitrogen functional groups attached to an aromatic ring is 1. The van der Waals surface area contributed by atoms with Gasteiger partial charge in [0, 0.05) is 11.6 Å². The first-order valence-electron chi connectivity index (χ1n) is 5.94. The Bertz CT molecular complexity index is 509. The predicted octanol–water partition coefficient (Wildman–Crippen LogP) is 3.24. The number of nitrogens with two attached hydrogens (primary N) is 1. The van der Waals surface area contributed by atoms with E-state index in [9.17, 15) is 0 Å². The van der Waals surface area contributed by atoms with E-state index in [1.807, 2.05) is 24.3 Å². The minimum atomic E-state index is 0.637. The fraction of sp³-hybridized carbons (Fsp3) is 0.357. The van der Waals surface area contributed by atoms with Gasteiger partial charge in [-0.1, -0.05) is 13.8 Å². The number of ether oxygens (including phenoxy) is 1. The average molecular weight is 230 g/mol. The Morgan fingerprint density at radius 1 is 1.29 bits per heavy atom. The zero-order chi connectivity index (χ0) is 12.3. The molecule has 0 atom stereocenters. The number of benzene rings is 1. The second kappa shape index (κ2) is 5.04. The lowest BCUT2D eigenvalue weighted by Gasteiger charge is -2.11. The zero-order valence-corrected chi connectivity index (χ0v) is 10.3. The summed E-state index contributed by atoms with van der Waals surface area (Å²) >= 11 is 0. The molecule has 0 spiro atoms. The highest BCUT2D eigenvalue weighted by molar-refractivity contribution is 5.93. The maximum absolute atomic E-state index is 6.07. The molecular weight excluding hydrogens is 212 g/mol. The third-order valence-corrected chi connectivity index (χ3v) is 2.74. The van der Waals surface area contributed by atoms with Crippen molar-refractivity contribution in [1.29, 1.82) is 0 Å². The van der Waals surface area contributed by atoms with E-state index in [2.05, 4.69) is 18.8 Å². The van der Waals surface area contributed by atoms with E-state index in [0.717, 1.165) is 23.1 Å². The van der Waals surface area contributed by atoms with Crippen molar-refractivity contribution in [2.45, 2.75) is 20.3 Å². The van der Waals surface area contributed by atoms with Crippen LogP contribution in [0.4, 0.5) is 5.69 Å². The molecule has 0 aliphatic rings. The smallest absolute Gasteiger partial charge is 0.142 e. The van der Waals surface area contributed by atoms with Gasteiger partial charge in [-0.3, -0.25) is 4.98 Å². The molecule has 2 N–H and O–H groups in total. The Hall–Kier alpha value is -1.77. The van der Waals surface area contributed by atoms with Crippen molar-refractivity contribution < 1.29 is 4.74 Å². The third-order valence-electron chi connectivity index (χ3n) is 2.74. The van der Waals surface area contributed by atoms with E-state index in [4.69, 9.17) is 10.5 Å². The van der Waals surface area contributed by atoms with Crippen molar-refractivity contribution in [2.24, 2.45) is 5.92 Å². The molecule has 2 aromatic rings. The lowest BCUT2D eigenvalue weighted by atomic mass is 10.1. The molecule has 0 saturated carbocycles. The minimum Gasteiger partial charge on any atom is -0.491 e. The molecule has 0 aliphatic carbocycles. The number of hydrogen-bond acceptors (Lipinski definition) is 3. The number of nitrogens with zero attached hydrogens (tertiary/aromatic N) is 1. The number of fused-ring (bicyclic) bond motifs is 1. The summed E-state index contributed by atoms with van der Waals surface area (Å²) in [7, 11) is 0. The average Bonchev–Trinajstić information content (AvgIpc) is 2.32. The highest BCUT2D eigenvalue weighted by atomic mass is 16.5. The SMILES string of the molecule is CC(C)CCOc1ccc2ncccc2c1N. The topological polar surface area (TPSA) is 48.1 Å². The van der Waals surface area contributed by atoms with Crippen LogP contribution in [0.25, 0.3) is 10.9 Å². The monoisotopic (exact) mass is 230 g/mol. The van der Waals surface area contributed by atoms with Crippen LogP contribution in [0.1, 0.15) is 20.3 Å². The molecule has 0 radical (unpaired) electrons. The molecule has 0 amide bonds. The van der Waals surface area contributed by atoms with E-state index in [1.165, 1.54) is 0 Å². The molecule has 0 bridgehead atoms. The standard InChI is InChI=1S/C14H18N2O/c1-10(2)7-9-17-13-6-5-12-11(14(13)15)4-3-8-16-12/h3-6,8,10H,7,9,15H2,1-2H3. The van der Waals surface area contributed by atoms with E-state index in [1.54, 1.807) is 6.20 Å². The predicted molar refractivity (Wildman–Crippen MR) is 71.1 cm³/mol. The summed E-state index contributed by atoms with van der Waals surface area (Å²) in [6.07, 6.45) is 2.80. The summed E-state index contributed by atoms with van der Waals surface area (Å²) in [6.45, 7) is 5.06. The fourth-order valence-corrected chi connectivity index (χ4v) is 1.69. The molecule has 3 nitrogen and oxygen atoms in total. The quantitative estimate of drug-likeness (QED) is 0.820. The number of hydrogen-bond donors (Lipinski definition) is 1. The first kappa shape index (κ1) is 11.7. The highest BCUT2D eigenvalue weighted by Crippen LogP contribution is 2.29. The molecule has 2 rings (SSSR count). The number of aromatic nitrogens is 1. The van der Waals surface area contributed by atoms with E-state index in [-0.39, 0.29) is 0 Å². The van der Waals surface area contributed by atoms with Gasteiger partial charge >= 0.3 is 0 Å². The molecule has 1 aromatic heterocycles. The Morgan fingerprint density at radius 3 is 2.88 bits per heavy atom. The van der Waals surface area contributed by atoms with E-state index < -0.39 is 0 Å². The van der Waals surface area contributed by atoms with Gasteiger partial charge in [0.05, 0.1) is 17.8 Å². The van der Waals surface area contributed by atoms with Gasteiger partial charge in [0.15, 0.2) is 0 Å². The van der Waals surface area contributed by atoms with Crippen LogP contribution in [0.2, 0.25) is 0 Å². The Labute approximate surface area is 102 Å². The van der Waals surface area contributed by atoms with Crippen LogP contribution in [0.5, 0.6) is 5.75 Å². The molecule has 1 heterocycles. The van der Waals surface area contributed by atoms with E-state index >= 15 is 0 Å². The van der Waals surface area contributed by atoms with Gasteiger partial charge in [-0.15, -0.1) is 0 Å².